The summed E-state index contributed by atoms with van der Waals surface area (Å²) in [7, 11) is -5.16. The van der Waals surface area contributed by atoms with Gasteiger partial charge < -0.3 is 96.1 Å². The Balaban J connectivity index is 1.84. The molecular weight excluding hydrogens is 719 g/mol. The third-order valence-electron chi connectivity index (χ3n) is 8.60. The maximum atomic E-state index is 12.8. The van der Waals surface area contributed by atoms with Crippen LogP contribution in [0.3, 0.4) is 0 Å². The Labute approximate surface area is 290 Å². The first kappa shape index (κ1) is 42.0. The topological polar surface area (TPSA) is 387 Å². The smallest absolute Gasteiger partial charge is 0.394 e. The van der Waals surface area contributed by atoms with Crippen LogP contribution in [0.2, 0.25) is 0 Å². The lowest BCUT2D eigenvalue weighted by Crippen LogP contribution is -2.69. The van der Waals surface area contributed by atoms with Crippen molar-refractivity contribution in [1.82, 2.24) is 5.32 Å². The van der Waals surface area contributed by atoms with E-state index in [0.29, 0.717) is 0 Å². The molecule has 4 rings (SSSR count). The number of phosphoric acid groups is 1. The Morgan fingerprint density at radius 1 is 0.843 bits per heavy atom. The van der Waals surface area contributed by atoms with Crippen molar-refractivity contribution in [3.8, 4) is 0 Å². The predicted octanol–water partition coefficient (Wildman–Crippen LogP) is -7.86. The van der Waals surface area contributed by atoms with Gasteiger partial charge in [-0.3, -0.25) is 13.8 Å². The van der Waals surface area contributed by atoms with Crippen LogP contribution in [0.1, 0.15) is 13.8 Å². The van der Waals surface area contributed by atoms with Crippen molar-refractivity contribution >= 4 is 19.7 Å². The standard InChI is InChI=1S/C26H47N4O20P/c1-7-15(36)21-14(30-26(27)28)23(45-7)49-22-13(29-8(2)33)24(46-11(4-32)17(22)38)48-20(9(34)3-31)10(35)5-43-51(41,42)44-6-12-16(37)18(39)19(40)25(47-12)50-21/h7,9-25,31-32,34-40H,3-6H2,1-2H3,(H,29,33)(H,41,42)(H4,27,28,30)/t7-,9-,10+,11+,12+,13+,14-,15+,16-,17+,18-,19+,20-,21-,22+,23-,24-,25+/m0/s1. The summed E-state index contributed by atoms with van der Waals surface area (Å²) in [5.41, 5.74) is 11.4. The highest BCUT2D eigenvalue weighted by Crippen LogP contribution is 2.44. The molecule has 0 radical (unpaired) electrons. The lowest BCUT2D eigenvalue weighted by molar-refractivity contribution is -0.355. The average Bonchev–Trinajstić information content (AvgIpc) is 3.06. The second-order valence-corrected chi connectivity index (χ2v) is 13.8. The Morgan fingerprint density at radius 2 is 1.49 bits per heavy atom. The zero-order valence-corrected chi connectivity index (χ0v) is 28.2. The van der Waals surface area contributed by atoms with Crippen molar-refractivity contribution in [2.45, 2.75) is 124 Å². The number of carbonyl (C=O) groups excluding carboxylic acids is 1. The summed E-state index contributed by atoms with van der Waals surface area (Å²) in [5, 5.41) is 98.1. The molecule has 4 heterocycles. The molecule has 4 aliphatic rings. The normalized spacial score (nSPS) is 47.9. The van der Waals surface area contributed by atoms with Gasteiger partial charge in [-0.05, 0) is 6.92 Å². The molecule has 0 saturated carbocycles. The minimum Gasteiger partial charge on any atom is -0.394 e. The first-order valence-corrected chi connectivity index (χ1v) is 17.3. The SMILES string of the molecule is CC(=O)N[C@H]1[C@@H]2O[C@@H]([C@@H](O)CO)[C@H](O)COP(=O)(O)OC[C@H]3O[C@H](O[C@@H]4[C@H](O)[C@H](C)O[C@@H](O[C@H]1[C@H](O)[C@@H](CO)O2)[C@H]4N=C(N)N)[C@H](O)[C@@H](O)[C@H]3O. The molecular formula is C26H47N4O20P. The minimum atomic E-state index is -5.16. The van der Waals surface area contributed by atoms with Crippen molar-refractivity contribution in [2.24, 2.45) is 16.5 Å². The number of aliphatic hydroxyl groups excluding tert-OH is 9. The lowest BCUT2D eigenvalue weighted by Gasteiger charge is -2.49. The third-order valence-corrected chi connectivity index (χ3v) is 9.55. The van der Waals surface area contributed by atoms with E-state index in [9.17, 15) is 60.2 Å². The van der Waals surface area contributed by atoms with E-state index >= 15 is 0 Å². The summed E-state index contributed by atoms with van der Waals surface area (Å²) in [4.78, 5) is 26.8. The molecule has 25 heteroatoms. The van der Waals surface area contributed by atoms with Crippen molar-refractivity contribution in [3.05, 3.63) is 0 Å². The molecule has 0 aromatic carbocycles. The lowest BCUT2D eigenvalue weighted by atomic mass is 9.94. The van der Waals surface area contributed by atoms with Gasteiger partial charge in [0.25, 0.3) is 0 Å². The Morgan fingerprint density at radius 3 is 2.10 bits per heavy atom. The van der Waals surface area contributed by atoms with Gasteiger partial charge in [0.1, 0.15) is 85.3 Å². The van der Waals surface area contributed by atoms with Gasteiger partial charge in [-0.2, -0.15) is 0 Å². The molecule has 19 atom stereocenters. The molecule has 24 nitrogen and oxygen atoms in total. The van der Waals surface area contributed by atoms with Crippen molar-refractivity contribution < 1.29 is 97.7 Å². The summed E-state index contributed by atoms with van der Waals surface area (Å²) in [6.45, 7) is -1.62. The highest BCUT2D eigenvalue weighted by molar-refractivity contribution is 7.47. The van der Waals surface area contributed by atoms with Crippen LogP contribution in [-0.4, -0.2) is 199 Å². The molecule has 0 aliphatic carbocycles. The van der Waals surface area contributed by atoms with Gasteiger partial charge in [0, 0.05) is 6.92 Å². The van der Waals surface area contributed by atoms with Crippen LogP contribution >= 0.6 is 7.82 Å². The fourth-order valence-electron chi connectivity index (χ4n) is 5.95. The van der Waals surface area contributed by atoms with Gasteiger partial charge in [-0.1, -0.05) is 0 Å². The van der Waals surface area contributed by atoms with Gasteiger partial charge in [-0.15, -0.1) is 0 Å². The summed E-state index contributed by atoms with van der Waals surface area (Å²) < 4.78 is 57.3. The molecule has 296 valence electrons. The fourth-order valence-corrected chi connectivity index (χ4v) is 6.70. The number of hydrogen-bond acceptors (Lipinski definition) is 20. The van der Waals surface area contributed by atoms with E-state index in [-0.39, 0.29) is 0 Å². The highest BCUT2D eigenvalue weighted by atomic mass is 31.2. The number of ether oxygens (including phenoxy) is 6. The number of guanidine groups is 1. The maximum absolute atomic E-state index is 12.8. The van der Waals surface area contributed by atoms with Crippen molar-refractivity contribution in [1.29, 1.82) is 0 Å². The van der Waals surface area contributed by atoms with E-state index in [2.05, 4.69) is 10.3 Å². The first-order chi connectivity index (χ1) is 23.9. The van der Waals surface area contributed by atoms with Crippen LogP contribution in [0.25, 0.3) is 0 Å². The Kier molecular flexibility index (Phi) is 14.5. The number of nitrogens with one attached hydrogen (secondary N) is 1. The molecule has 0 aromatic heterocycles. The van der Waals surface area contributed by atoms with E-state index in [1.165, 1.54) is 6.92 Å². The van der Waals surface area contributed by atoms with E-state index < -0.39 is 156 Å². The summed E-state index contributed by atoms with van der Waals surface area (Å²) in [6.07, 6.45) is -28.6. The van der Waals surface area contributed by atoms with Gasteiger partial charge in [0.15, 0.2) is 24.8 Å². The van der Waals surface area contributed by atoms with E-state index in [1.54, 1.807) is 0 Å². The molecule has 4 fully saturated rings. The number of nitrogens with zero attached hydrogens (tertiary/aromatic N) is 1. The second kappa shape index (κ2) is 17.6. The number of amides is 1. The number of aliphatic imine (C=N–C) groups is 1. The fraction of sp³-hybridized carbons (Fsp3) is 0.923. The number of fused-ring (bicyclic) bond motifs is 6. The maximum Gasteiger partial charge on any atom is 0.472 e. The summed E-state index contributed by atoms with van der Waals surface area (Å²) >= 11 is 0. The van der Waals surface area contributed by atoms with Crippen LogP contribution in [-0.2, 0) is 46.8 Å². The summed E-state index contributed by atoms with van der Waals surface area (Å²) in [6, 6.07) is -3.20. The van der Waals surface area contributed by atoms with Crippen LogP contribution in [0.15, 0.2) is 4.99 Å². The monoisotopic (exact) mass is 766 g/mol. The number of rotatable bonds is 5. The molecule has 15 N–H and O–H groups in total. The van der Waals surface area contributed by atoms with E-state index in [4.69, 9.17) is 48.9 Å². The molecule has 51 heavy (non-hydrogen) atoms. The molecule has 1 unspecified atom stereocenters. The molecule has 4 aliphatic heterocycles. The summed E-state index contributed by atoms with van der Waals surface area (Å²) in [5.74, 6) is -1.36. The largest absolute Gasteiger partial charge is 0.472 e. The molecule has 1 amide bonds. The third kappa shape index (κ3) is 9.87. The van der Waals surface area contributed by atoms with E-state index in [0.717, 1.165) is 6.92 Å². The van der Waals surface area contributed by atoms with E-state index in [1.807, 2.05) is 0 Å². The quantitative estimate of drug-likeness (QED) is 0.0702. The predicted molar refractivity (Wildman–Crippen MR) is 161 cm³/mol. The zero-order chi connectivity index (χ0) is 37.9. The average molecular weight is 767 g/mol. The number of aliphatic hydroxyl groups is 9. The second-order valence-electron chi connectivity index (χ2n) is 12.4. The number of carbonyl (C=O) groups is 1. The van der Waals surface area contributed by atoms with Gasteiger partial charge >= 0.3 is 7.82 Å². The molecule has 4 saturated heterocycles. The Bertz CT molecular complexity index is 1240. The number of nitrogens with two attached hydrogens (primary N) is 2. The first-order valence-electron chi connectivity index (χ1n) is 15.8. The highest BCUT2D eigenvalue weighted by Gasteiger charge is 2.55. The number of hydrogen-bond donors (Lipinski definition) is 13. The van der Waals surface area contributed by atoms with Crippen LogP contribution < -0.4 is 16.8 Å². The van der Waals surface area contributed by atoms with Gasteiger partial charge in [0.2, 0.25) is 5.91 Å². The van der Waals surface area contributed by atoms with Crippen LogP contribution in [0.4, 0.5) is 0 Å². The van der Waals surface area contributed by atoms with Crippen LogP contribution in [0, 0.1) is 0 Å². The zero-order valence-electron chi connectivity index (χ0n) is 27.3. The van der Waals surface area contributed by atoms with Gasteiger partial charge in [0.05, 0.1) is 32.5 Å². The minimum absolute atomic E-state index is 0.605. The van der Waals surface area contributed by atoms with Crippen LogP contribution in [0.5, 0.6) is 0 Å². The molecule has 0 spiro atoms. The molecule has 0 aromatic rings. The van der Waals surface area contributed by atoms with Crippen molar-refractivity contribution in [3.63, 3.8) is 0 Å². The molecule has 6 bridgehead atoms. The number of phosphoric ester groups is 1. The van der Waals surface area contributed by atoms with Gasteiger partial charge in [-0.25, -0.2) is 9.56 Å². The Hall–Kier alpha value is -1.75. The van der Waals surface area contributed by atoms with Crippen molar-refractivity contribution in [2.75, 3.05) is 26.4 Å².